The molecule has 0 aromatic heterocycles. The van der Waals surface area contributed by atoms with Crippen LogP contribution in [0.1, 0.15) is 34.1 Å². The molecule has 2 aliphatic carbocycles. The minimum Gasteiger partial charge on any atom is -0.459 e. The molecular weight excluding hydrogens is 508 g/mol. The monoisotopic (exact) mass is 540 g/mol. The van der Waals surface area contributed by atoms with Crippen molar-refractivity contribution in [3.05, 3.63) is 0 Å². The highest BCUT2D eigenvalue weighted by Crippen LogP contribution is 2.84. The van der Waals surface area contributed by atoms with E-state index in [4.69, 9.17) is 33.5 Å². The Hall–Kier alpha value is -2.16. The number of ketones is 1. The van der Waals surface area contributed by atoms with Gasteiger partial charge in [0.15, 0.2) is 23.6 Å². The largest absolute Gasteiger partial charge is 0.459 e. The fourth-order valence-electron chi connectivity index (χ4n) is 8.75. The van der Waals surface area contributed by atoms with E-state index in [-0.39, 0.29) is 26.2 Å². The molecule has 13 heteroatoms. The van der Waals surface area contributed by atoms with E-state index in [1.165, 1.54) is 6.92 Å². The number of carbonyl (C=O) groups is 4. The maximum atomic E-state index is 13.7. The lowest BCUT2D eigenvalue weighted by molar-refractivity contribution is -0.240. The predicted molar refractivity (Wildman–Crippen MR) is 119 cm³/mol. The van der Waals surface area contributed by atoms with Crippen LogP contribution in [0.4, 0.5) is 0 Å². The fraction of sp³-hybridized carbons (Fsp3) is 0.840. The van der Waals surface area contributed by atoms with Gasteiger partial charge in [-0.15, -0.1) is 0 Å². The number of hydrogen-bond acceptors (Lipinski definition) is 13. The van der Waals surface area contributed by atoms with Gasteiger partial charge in [-0.05, 0) is 24.7 Å². The summed E-state index contributed by atoms with van der Waals surface area (Å²) in [7, 11) is 0. The van der Waals surface area contributed by atoms with Crippen molar-refractivity contribution < 1.29 is 62.9 Å². The van der Waals surface area contributed by atoms with Crippen molar-refractivity contribution in [3.8, 4) is 0 Å². The number of hydrogen-bond donors (Lipinski definition) is 3. The lowest BCUT2D eigenvalue weighted by atomic mass is 9.51. The molecule has 4 saturated heterocycles. The average Bonchev–Trinajstić information content (AvgIpc) is 3.56. The number of aliphatic hydroxyl groups excluding tert-OH is 2. The maximum absolute atomic E-state index is 13.7. The molecule has 6 fully saturated rings. The Balaban J connectivity index is 1.49. The predicted octanol–water partition coefficient (Wildman–Crippen LogP) is -1.77. The molecule has 6 rings (SSSR count). The Morgan fingerprint density at radius 3 is 2.47 bits per heavy atom. The number of Topliss-reactive ketones (excluding diaryl/α,β-unsaturated/α-hetero) is 1. The SMILES string of the molecule is CC1C(=O)O[C@H]2[C@H](O)[C@@]34C5CC(C(C)(C)C)C36[C@@H](OC(=O)[C@@H]6OCCOCC(=O)CO)O[C@@]4(C(=O)O5)[C@@]12O. The van der Waals surface area contributed by atoms with Gasteiger partial charge in [0.1, 0.15) is 25.4 Å². The van der Waals surface area contributed by atoms with Crippen LogP contribution in [0.15, 0.2) is 0 Å². The van der Waals surface area contributed by atoms with Gasteiger partial charge in [-0.1, -0.05) is 20.8 Å². The third kappa shape index (κ3) is 2.46. The number of fused-ring (bicyclic) bond motifs is 1. The van der Waals surface area contributed by atoms with Gasteiger partial charge < -0.3 is 43.7 Å². The molecule has 0 radical (unpaired) electrons. The highest BCUT2D eigenvalue weighted by Gasteiger charge is 3.04. The zero-order valence-corrected chi connectivity index (χ0v) is 21.5. The number of rotatable bonds is 7. The lowest BCUT2D eigenvalue weighted by Crippen LogP contribution is -2.67. The minimum absolute atomic E-state index is 0.0991. The Labute approximate surface area is 217 Å². The first-order valence-corrected chi connectivity index (χ1v) is 12.8. The van der Waals surface area contributed by atoms with Gasteiger partial charge in [-0.3, -0.25) is 9.59 Å². The molecule has 11 atom stereocenters. The van der Waals surface area contributed by atoms with Crippen LogP contribution >= 0.6 is 0 Å². The van der Waals surface area contributed by atoms with Crippen LogP contribution in [-0.2, 0) is 47.6 Å². The summed E-state index contributed by atoms with van der Waals surface area (Å²) < 4.78 is 34.6. The Morgan fingerprint density at radius 1 is 1.11 bits per heavy atom. The lowest BCUT2D eigenvalue weighted by Gasteiger charge is -2.48. The molecule has 2 saturated carbocycles. The van der Waals surface area contributed by atoms with E-state index in [0.29, 0.717) is 0 Å². The molecule has 6 aliphatic rings. The molecule has 0 bridgehead atoms. The summed E-state index contributed by atoms with van der Waals surface area (Å²) in [5.41, 5.74) is -8.34. The van der Waals surface area contributed by atoms with E-state index in [9.17, 15) is 29.4 Å². The Kier molecular flexibility index (Phi) is 5.31. The van der Waals surface area contributed by atoms with E-state index in [2.05, 4.69) is 0 Å². The molecular formula is C25H32O13. The minimum atomic E-state index is -2.29. The van der Waals surface area contributed by atoms with Crippen LogP contribution in [0.25, 0.3) is 0 Å². The summed E-state index contributed by atoms with van der Waals surface area (Å²) in [6.07, 6.45) is -6.66. The van der Waals surface area contributed by atoms with Crippen molar-refractivity contribution in [1.29, 1.82) is 0 Å². The van der Waals surface area contributed by atoms with Crippen molar-refractivity contribution >= 4 is 23.7 Å². The smallest absolute Gasteiger partial charge is 0.343 e. The first-order valence-electron chi connectivity index (χ1n) is 12.8. The molecule has 4 aliphatic heterocycles. The molecule has 0 aromatic carbocycles. The van der Waals surface area contributed by atoms with Gasteiger partial charge >= 0.3 is 17.9 Å². The molecule has 210 valence electrons. The first-order chi connectivity index (χ1) is 17.8. The van der Waals surface area contributed by atoms with Crippen molar-refractivity contribution in [2.24, 2.45) is 28.1 Å². The average molecular weight is 541 g/mol. The van der Waals surface area contributed by atoms with Crippen LogP contribution in [0, 0.1) is 28.1 Å². The van der Waals surface area contributed by atoms with Crippen LogP contribution in [0.3, 0.4) is 0 Å². The first kappa shape index (κ1) is 26.1. The molecule has 0 aromatic rings. The third-order valence-corrected chi connectivity index (χ3v) is 9.92. The van der Waals surface area contributed by atoms with E-state index in [0.717, 1.165) is 0 Å². The van der Waals surface area contributed by atoms with E-state index >= 15 is 0 Å². The molecule has 2 spiro atoms. The Bertz CT molecular complexity index is 1120. The second-order valence-electron chi connectivity index (χ2n) is 12.3. The summed E-state index contributed by atoms with van der Waals surface area (Å²) in [4.78, 5) is 51.0. The second-order valence-corrected chi connectivity index (χ2v) is 12.3. The summed E-state index contributed by atoms with van der Waals surface area (Å²) in [5, 5.41) is 33.0. The quantitative estimate of drug-likeness (QED) is 0.187. The summed E-state index contributed by atoms with van der Waals surface area (Å²) in [6.45, 7) is 5.93. The standard InChI is InChI=1S/C25H32O13/c1-10-17(29)36-15-14(28)23-13-7-12(21(2,3)4)22(23)16(34-6-5-33-9-11(27)8-26)18(30)37-20(22)38-25(23,19(31)35-13)24(10,15)32/h10,12-16,20,26,28,32H,5-9H2,1-4H3/t10?,12?,13?,14-,15-,16-,20-,22?,23-,24+,25+/m0/s1. The topological polar surface area (TPSA) is 184 Å². The van der Waals surface area contributed by atoms with Gasteiger partial charge in [-0.25, -0.2) is 9.59 Å². The molecule has 0 amide bonds. The summed E-state index contributed by atoms with van der Waals surface area (Å²) in [5.74, 6) is -4.77. The number of ether oxygens (including phenoxy) is 6. The number of carbonyl (C=O) groups excluding carboxylic acids is 4. The van der Waals surface area contributed by atoms with Crippen LogP contribution in [0.2, 0.25) is 0 Å². The van der Waals surface area contributed by atoms with E-state index in [1.807, 2.05) is 20.8 Å². The van der Waals surface area contributed by atoms with Gasteiger partial charge in [0.05, 0.1) is 30.0 Å². The molecule has 4 heterocycles. The zero-order valence-electron chi connectivity index (χ0n) is 21.5. The molecule has 3 N–H and O–H groups in total. The highest BCUT2D eigenvalue weighted by atomic mass is 16.8. The van der Waals surface area contributed by atoms with Crippen LogP contribution in [-0.4, -0.2) is 107 Å². The molecule has 4 unspecified atom stereocenters. The van der Waals surface area contributed by atoms with E-state index < -0.39 is 100 Å². The van der Waals surface area contributed by atoms with Crippen LogP contribution in [0.5, 0.6) is 0 Å². The van der Waals surface area contributed by atoms with Gasteiger partial charge in [0.2, 0.25) is 11.9 Å². The van der Waals surface area contributed by atoms with Crippen molar-refractivity contribution in [2.75, 3.05) is 26.4 Å². The molecule has 38 heavy (non-hydrogen) atoms. The van der Waals surface area contributed by atoms with Crippen molar-refractivity contribution in [1.82, 2.24) is 0 Å². The number of aliphatic hydroxyl groups is 3. The van der Waals surface area contributed by atoms with Crippen LogP contribution < -0.4 is 0 Å². The second kappa shape index (κ2) is 7.73. The van der Waals surface area contributed by atoms with E-state index in [1.54, 1.807) is 0 Å². The van der Waals surface area contributed by atoms with Gasteiger partial charge in [-0.2, -0.15) is 0 Å². The maximum Gasteiger partial charge on any atom is 0.343 e. The van der Waals surface area contributed by atoms with Gasteiger partial charge in [0.25, 0.3) is 0 Å². The normalized spacial score (nSPS) is 49.9. The summed E-state index contributed by atoms with van der Waals surface area (Å²) >= 11 is 0. The zero-order chi connectivity index (χ0) is 27.6. The summed E-state index contributed by atoms with van der Waals surface area (Å²) in [6, 6.07) is 0. The third-order valence-electron chi connectivity index (χ3n) is 9.92. The van der Waals surface area contributed by atoms with Crippen molar-refractivity contribution in [3.63, 3.8) is 0 Å². The fourth-order valence-corrected chi connectivity index (χ4v) is 8.75. The number of esters is 3. The van der Waals surface area contributed by atoms with Crippen molar-refractivity contribution in [2.45, 2.75) is 76.0 Å². The molecule has 13 nitrogen and oxygen atoms in total. The Morgan fingerprint density at radius 2 is 1.82 bits per heavy atom. The van der Waals surface area contributed by atoms with Gasteiger partial charge in [0, 0.05) is 0 Å². The highest BCUT2D eigenvalue weighted by molar-refractivity contribution is 5.94.